The van der Waals surface area contributed by atoms with E-state index < -0.39 is 5.82 Å². The molecule has 0 spiro atoms. The summed E-state index contributed by atoms with van der Waals surface area (Å²) >= 11 is 12.6. The van der Waals surface area contributed by atoms with Crippen LogP contribution in [0.1, 0.15) is 29.2 Å². The van der Waals surface area contributed by atoms with Crippen molar-refractivity contribution < 1.29 is 9.13 Å². The van der Waals surface area contributed by atoms with Crippen LogP contribution in [-0.4, -0.2) is 24.0 Å². The van der Waals surface area contributed by atoms with Gasteiger partial charge >= 0.3 is 0 Å². The number of fused-ring (bicyclic) bond motifs is 1. The van der Waals surface area contributed by atoms with Crippen molar-refractivity contribution in [2.45, 2.75) is 25.0 Å². The van der Waals surface area contributed by atoms with Crippen LogP contribution in [0.3, 0.4) is 0 Å². The van der Waals surface area contributed by atoms with Crippen molar-refractivity contribution in [3.8, 4) is 11.8 Å². The fraction of sp³-hybridized carbons (Fsp3) is 0.316. The lowest BCUT2D eigenvalue weighted by Crippen LogP contribution is -2.48. The van der Waals surface area contributed by atoms with Gasteiger partial charge < -0.3 is 4.74 Å². The average molecular weight is 377 g/mol. The van der Waals surface area contributed by atoms with Gasteiger partial charge in [0.25, 0.3) is 0 Å². The lowest BCUT2D eigenvalue weighted by atomic mass is 10.0. The van der Waals surface area contributed by atoms with Crippen molar-refractivity contribution in [1.29, 1.82) is 5.26 Å². The van der Waals surface area contributed by atoms with Crippen LogP contribution in [-0.2, 0) is 6.42 Å². The van der Waals surface area contributed by atoms with Crippen LogP contribution in [0.2, 0.25) is 10.0 Å². The number of hydrogen-bond acceptors (Lipinski definition) is 3. The number of hydrogen-bond donors (Lipinski definition) is 0. The maximum Gasteiger partial charge on any atom is 0.166 e. The Hall–Kier alpha value is -1.80. The van der Waals surface area contributed by atoms with Crippen LogP contribution in [0.15, 0.2) is 30.3 Å². The number of likely N-dealkylation sites (tertiary alicyclic amines) is 1. The van der Waals surface area contributed by atoms with Gasteiger partial charge in [0.15, 0.2) is 11.6 Å². The van der Waals surface area contributed by atoms with E-state index in [2.05, 4.69) is 4.90 Å². The number of halogens is 3. The van der Waals surface area contributed by atoms with Gasteiger partial charge in [-0.15, -0.1) is 0 Å². The minimum atomic E-state index is -0.539. The number of nitrogens with zero attached hydrogens (tertiary/aromatic N) is 2. The molecule has 1 saturated heterocycles. The molecule has 0 unspecified atom stereocenters. The minimum absolute atomic E-state index is 0.106. The molecule has 2 aromatic carbocycles. The molecule has 2 atom stereocenters. The zero-order chi connectivity index (χ0) is 17.6. The summed E-state index contributed by atoms with van der Waals surface area (Å²) in [5, 5.41) is 10.1. The second-order valence-electron chi connectivity index (χ2n) is 6.41. The topological polar surface area (TPSA) is 36.3 Å². The summed E-state index contributed by atoms with van der Waals surface area (Å²) in [6, 6.07) is 9.87. The first-order valence-corrected chi connectivity index (χ1v) is 8.90. The van der Waals surface area contributed by atoms with Crippen LogP contribution in [0.5, 0.6) is 5.75 Å². The van der Waals surface area contributed by atoms with Gasteiger partial charge in [0, 0.05) is 15.6 Å². The largest absolute Gasteiger partial charge is 0.481 e. The molecule has 1 fully saturated rings. The highest BCUT2D eigenvalue weighted by molar-refractivity contribution is 6.35. The highest BCUT2D eigenvalue weighted by Crippen LogP contribution is 2.43. The van der Waals surface area contributed by atoms with Gasteiger partial charge in [-0.1, -0.05) is 23.2 Å². The lowest BCUT2D eigenvalue weighted by Gasteiger charge is -2.39. The SMILES string of the molecule is N#Cc1ccc(O[C@H]2c3cc(Cl)cc(Cl)c3C[C@H]2N2CCC2)c(F)c1. The Balaban J connectivity index is 1.71. The Labute approximate surface area is 155 Å². The van der Waals surface area contributed by atoms with Crippen LogP contribution in [0.25, 0.3) is 0 Å². The summed E-state index contributed by atoms with van der Waals surface area (Å²) < 4.78 is 20.4. The molecule has 2 aromatic rings. The Bertz CT molecular complexity index is 876. The first kappa shape index (κ1) is 16.7. The number of nitriles is 1. The normalized spacial score (nSPS) is 22.2. The number of rotatable bonds is 3. The molecule has 25 heavy (non-hydrogen) atoms. The molecule has 6 heteroatoms. The van der Waals surface area contributed by atoms with E-state index in [9.17, 15) is 4.39 Å². The fourth-order valence-corrected chi connectivity index (χ4v) is 4.14. The Morgan fingerprint density at radius 1 is 1.20 bits per heavy atom. The van der Waals surface area contributed by atoms with Gasteiger partial charge in [0.05, 0.1) is 17.7 Å². The van der Waals surface area contributed by atoms with Gasteiger partial charge in [-0.2, -0.15) is 5.26 Å². The van der Waals surface area contributed by atoms with Gasteiger partial charge in [0.2, 0.25) is 0 Å². The Morgan fingerprint density at radius 3 is 2.64 bits per heavy atom. The molecule has 3 nitrogen and oxygen atoms in total. The molecule has 2 aliphatic rings. The third-order valence-electron chi connectivity index (χ3n) is 4.94. The van der Waals surface area contributed by atoms with Crippen LogP contribution < -0.4 is 4.74 Å². The highest BCUT2D eigenvalue weighted by Gasteiger charge is 2.41. The van der Waals surface area contributed by atoms with Gasteiger partial charge in [-0.3, -0.25) is 4.90 Å². The van der Waals surface area contributed by atoms with E-state index >= 15 is 0 Å². The Morgan fingerprint density at radius 2 is 2.00 bits per heavy atom. The zero-order valence-electron chi connectivity index (χ0n) is 13.3. The summed E-state index contributed by atoms with van der Waals surface area (Å²) in [6.07, 6.45) is 1.57. The van der Waals surface area contributed by atoms with Crippen LogP contribution in [0.4, 0.5) is 4.39 Å². The fourth-order valence-electron chi connectivity index (χ4n) is 3.55. The van der Waals surface area contributed by atoms with Crippen molar-refractivity contribution in [1.82, 2.24) is 4.90 Å². The molecule has 128 valence electrons. The molecule has 4 rings (SSSR count). The van der Waals surface area contributed by atoms with Crippen molar-refractivity contribution >= 4 is 23.2 Å². The van der Waals surface area contributed by atoms with Crippen molar-refractivity contribution in [3.63, 3.8) is 0 Å². The number of benzene rings is 2. The van der Waals surface area contributed by atoms with E-state index in [0.717, 1.165) is 37.1 Å². The second-order valence-corrected chi connectivity index (χ2v) is 7.26. The van der Waals surface area contributed by atoms with E-state index in [1.54, 1.807) is 12.1 Å². The van der Waals surface area contributed by atoms with E-state index in [0.29, 0.717) is 10.0 Å². The molecule has 0 N–H and O–H groups in total. The van der Waals surface area contributed by atoms with E-state index in [4.69, 9.17) is 33.2 Å². The minimum Gasteiger partial charge on any atom is -0.481 e. The van der Waals surface area contributed by atoms with E-state index in [1.165, 1.54) is 12.1 Å². The van der Waals surface area contributed by atoms with E-state index in [-0.39, 0.29) is 23.5 Å². The van der Waals surface area contributed by atoms with Crippen molar-refractivity contribution in [2.75, 3.05) is 13.1 Å². The molecule has 0 aromatic heterocycles. The maximum atomic E-state index is 14.3. The summed E-state index contributed by atoms with van der Waals surface area (Å²) in [6.45, 7) is 2.00. The first-order valence-electron chi connectivity index (χ1n) is 8.15. The summed E-state index contributed by atoms with van der Waals surface area (Å²) in [4.78, 5) is 2.33. The van der Waals surface area contributed by atoms with E-state index in [1.807, 2.05) is 12.1 Å². The highest BCUT2D eigenvalue weighted by atomic mass is 35.5. The summed E-state index contributed by atoms with van der Waals surface area (Å²) in [5.74, 6) is -0.401. The van der Waals surface area contributed by atoms with Crippen molar-refractivity contribution in [2.24, 2.45) is 0 Å². The molecule has 1 aliphatic heterocycles. The third-order valence-corrected chi connectivity index (χ3v) is 5.49. The van der Waals surface area contributed by atoms with Crippen LogP contribution >= 0.6 is 23.2 Å². The molecule has 0 amide bonds. The molecule has 0 saturated carbocycles. The Kier molecular flexibility index (Phi) is 4.33. The molecule has 0 radical (unpaired) electrons. The summed E-state index contributed by atoms with van der Waals surface area (Å²) in [5.41, 5.74) is 2.20. The third kappa shape index (κ3) is 2.97. The predicted molar refractivity (Wildman–Crippen MR) is 94.6 cm³/mol. The molecule has 1 aliphatic carbocycles. The summed E-state index contributed by atoms with van der Waals surface area (Å²) in [7, 11) is 0. The van der Waals surface area contributed by atoms with Gasteiger partial charge in [0.1, 0.15) is 6.10 Å². The lowest BCUT2D eigenvalue weighted by molar-refractivity contribution is 0.0367. The standard InChI is InChI=1S/C19H15Cl2FN2O/c20-12-7-14-13(15(21)8-12)9-17(24-4-1-5-24)19(14)25-18-3-2-11(10-23)6-16(18)22/h2-3,6-8,17,19H,1,4-5,9H2/t17-,19+/m1/s1. The zero-order valence-corrected chi connectivity index (χ0v) is 14.8. The molecular formula is C19H15Cl2FN2O. The first-order chi connectivity index (χ1) is 12.1. The maximum absolute atomic E-state index is 14.3. The second kappa shape index (κ2) is 6.49. The smallest absolute Gasteiger partial charge is 0.166 e. The molecule has 0 bridgehead atoms. The van der Waals surface area contributed by atoms with Gasteiger partial charge in [-0.05, 0) is 61.8 Å². The predicted octanol–water partition coefficient (Wildman–Crippen LogP) is 4.75. The molecule has 1 heterocycles. The average Bonchev–Trinajstić information content (AvgIpc) is 2.86. The monoisotopic (exact) mass is 376 g/mol. The quantitative estimate of drug-likeness (QED) is 0.774. The molecular weight excluding hydrogens is 362 g/mol. The van der Waals surface area contributed by atoms with Crippen molar-refractivity contribution in [3.05, 3.63) is 62.9 Å². The van der Waals surface area contributed by atoms with Crippen LogP contribution in [0, 0.1) is 17.1 Å². The number of ether oxygens (including phenoxy) is 1. The van der Waals surface area contributed by atoms with Gasteiger partial charge in [-0.25, -0.2) is 4.39 Å².